The first-order valence-corrected chi connectivity index (χ1v) is 9.08. The predicted molar refractivity (Wildman–Crippen MR) is 105 cm³/mol. The van der Waals surface area contributed by atoms with Crippen LogP contribution >= 0.6 is 11.8 Å². The molecule has 0 N–H and O–H groups in total. The minimum atomic E-state index is -0.763. The molecular weight excluding hydrogens is 402 g/mol. The SMILES string of the molecule is CCN1C(=O)S/C(=C/c2ccc(Oc3ccc([N+](=O)[O-])cc3[N+](=O)[O-])cc2)C1=O. The van der Waals surface area contributed by atoms with Gasteiger partial charge in [0.1, 0.15) is 5.75 Å². The van der Waals surface area contributed by atoms with Gasteiger partial charge in [0.15, 0.2) is 0 Å². The van der Waals surface area contributed by atoms with Gasteiger partial charge >= 0.3 is 5.69 Å². The van der Waals surface area contributed by atoms with Crippen molar-refractivity contribution >= 4 is 40.4 Å². The number of non-ortho nitro benzene ring substituents is 1. The number of rotatable bonds is 6. The number of amides is 2. The van der Waals surface area contributed by atoms with E-state index < -0.39 is 21.2 Å². The summed E-state index contributed by atoms with van der Waals surface area (Å²) in [4.78, 5) is 45.8. The van der Waals surface area contributed by atoms with Crippen molar-refractivity contribution in [1.29, 1.82) is 0 Å². The van der Waals surface area contributed by atoms with E-state index in [1.54, 1.807) is 25.1 Å². The Labute approximate surface area is 168 Å². The Hall–Kier alpha value is -3.73. The topological polar surface area (TPSA) is 133 Å². The molecule has 2 aromatic rings. The number of ether oxygens (including phenoxy) is 1. The number of benzene rings is 2. The Morgan fingerprint density at radius 1 is 1.07 bits per heavy atom. The van der Waals surface area contributed by atoms with E-state index in [2.05, 4.69) is 0 Å². The molecule has 0 aromatic heterocycles. The summed E-state index contributed by atoms with van der Waals surface area (Å²) in [5, 5.41) is 21.6. The maximum Gasteiger partial charge on any atom is 0.318 e. The second-order valence-electron chi connectivity index (χ2n) is 5.76. The fourth-order valence-electron chi connectivity index (χ4n) is 2.53. The predicted octanol–water partition coefficient (Wildman–Crippen LogP) is 4.35. The van der Waals surface area contributed by atoms with Crippen LogP contribution < -0.4 is 4.74 Å². The molecule has 2 aromatic carbocycles. The number of carbonyl (C=O) groups is 2. The quantitative estimate of drug-likeness (QED) is 0.386. The van der Waals surface area contributed by atoms with Crippen molar-refractivity contribution in [2.45, 2.75) is 6.92 Å². The van der Waals surface area contributed by atoms with Crippen LogP contribution in [0.3, 0.4) is 0 Å². The molecule has 1 heterocycles. The molecule has 1 fully saturated rings. The highest BCUT2D eigenvalue weighted by molar-refractivity contribution is 8.18. The van der Waals surface area contributed by atoms with Gasteiger partial charge in [0.05, 0.1) is 20.8 Å². The summed E-state index contributed by atoms with van der Waals surface area (Å²) in [6, 6.07) is 9.39. The lowest BCUT2D eigenvalue weighted by molar-refractivity contribution is -0.394. The average molecular weight is 415 g/mol. The van der Waals surface area contributed by atoms with Crippen molar-refractivity contribution in [3.63, 3.8) is 0 Å². The van der Waals surface area contributed by atoms with Gasteiger partial charge < -0.3 is 4.74 Å². The molecule has 29 heavy (non-hydrogen) atoms. The zero-order valence-electron chi connectivity index (χ0n) is 14.9. The van der Waals surface area contributed by atoms with E-state index in [1.807, 2.05) is 0 Å². The van der Waals surface area contributed by atoms with E-state index in [0.717, 1.165) is 34.9 Å². The number of thioether (sulfide) groups is 1. The molecule has 3 rings (SSSR count). The Balaban J connectivity index is 1.81. The second kappa shape index (κ2) is 8.10. The van der Waals surface area contributed by atoms with Gasteiger partial charge in [-0.1, -0.05) is 12.1 Å². The van der Waals surface area contributed by atoms with Gasteiger partial charge in [-0.05, 0) is 48.5 Å². The van der Waals surface area contributed by atoms with Crippen LogP contribution in [0.5, 0.6) is 11.5 Å². The van der Waals surface area contributed by atoms with E-state index in [0.29, 0.717) is 17.0 Å². The molecule has 0 spiro atoms. The molecule has 1 saturated heterocycles. The van der Waals surface area contributed by atoms with Crippen molar-refractivity contribution in [3.05, 3.63) is 73.2 Å². The van der Waals surface area contributed by atoms with E-state index in [-0.39, 0.29) is 22.6 Å². The minimum Gasteiger partial charge on any atom is -0.450 e. The molecule has 1 aliphatic heterocycles. The van der Waals surface area contributed by atoms with Crippen molar-refractivity contribution in [1.82, 2.24) is 4.90 Å². The van der Waals surface area contributed by atoms with Gasteiger partial charge in [0, 0.05) is 12.6 Å². The molecule has 0 unspecified atom stereocenters. The molecule has 0 saturated carbocycles. The lowest BCUT2D eigenvalue weighted by Gasteiger charge is -2.07. The normalized spacial score (nSPS) is 15.1. The van der Waals surface area contributed by atoms with E-state index >= 15 is 0 Å². The maximum absolute atomic E-state index is 12.1. The molecule has 10 nitrogen and oxygen atoms in total. The van der Waals surface area contributed by atoms with Crippen LogP contribution in [0.25, 0.3) is 6.08 Å². The number of likely N-dealkylation sites (N-methyl/N-ethyl adjacent to an activating group) is 1. The van der Waals surface area contributed by atoms with Gasteiger partial charge in [0.2, 0.25) is 5.75 Å². The van der Waals surface area contributed by atoms with Crippen molar-refractivity contribution in [2.24, 2.45) is 0 Å². The molecule has 0 bridgehead atoms. The fourth-order valence-corrected chi connectivity index (χ4v) is 3.43. The molecular formula is C18H13N3O7S. The minimum absolute atomic E-state index is 0.141. The summed E-state index contributed by atoms with van der Waals surface area (Å²) < 4.78 is 5.48. The van der Waals surface area contributed by atoms with Crippen LogP contribution in [0.1, 0.15) is 12.5 Å². The average Bonchev–Trinajstić information content (AvgIpc) is 2.95. The Bertz CT molecular complexity index is 1050. The smallest absolute Gasteiger partial charge is 0.318 e. The van der Waals surface area contributed by atoms with Gasteiger partial charge in [-0.15, -0.1) is 0 Å². The highest BCUT2D eigenvalue weighted by atomic mass is 32.2. The van der Waals surface area contributed by atoms with E-state index in [4.69, 9.17) is 4.74 Å². The highest BCUT2D eigenvalue weighted by Gasteiger charge is 2.33. The summed E-state index contributed by atoms with van der Waals surface area (Å²) in [6.45, 7) is 2.01. The zero-order chi connectivity index (χ0) is 21.1. The molecule has 148 valence electrons. The zero-order valence-corrected chi connectivity index (χ0v) is 15.8. The number of nitro benzene ring substituents is 2. The summed E-state index contributed by atoms with van der Waals surface area (Å²) in [6.07, 6.45) is 1.57. The van der Waals surface area contributed by atoms with Crippen LogP contribution in [0, 0.1) is 20.2 Å². The van der Waals surface area contributed by atoms with Crippen LogP contribution in [0.4, 0.5) is 16.2 Å². The Morgan fingerprint density at radius 2 is 1.76 bits per heavy atom. The first kappa shape index (κ1) is 20.0. The third kappa shape index (κ3) is 4.24. The Morgan fingerprint density at radius 3 is 2.31 bits per heavy atom. The van der Waals surface area contributed by atoms with Crippen LogP contribution in [0.15, 0.2) is 47.4 Å². The molecule has 0 aliphatic carbocycles. The second-order valence-corrected chi connectivity index (χ2v) is 6.76. The summed E-state index contributed by atoms with van der Waals surface area (Å²) in [5.41, 5.74) is -0.311. The molecule has 2 amide bonds. The summed E-state index contributed by atoms with van der Waals surface area (Å²) in [7, 11) is 0. The number of nitrogens with zero attached hydrogens (tertiary/aromatic N) is 3. The third-order valence-corrected chi connectivity index (χ3v) is 4.85. The lowest BCUT2D eigenvalue weighted by atomic mass is 10.2. The lowest BCUT2D eigenvalue weighted by Crippen LogP contribution is -2.27. The van der Waals surface area contributed by atoms with E-state index in [9.17, 15) is 29.8 Å². The molecule has 1 aliphatic rings. The van der Waals surface area contributed by atoms with Crippen molar-refractivity contribution in [2.75, 3.05) is 6.54 Å². The first-order valence-electron chi connectivity index (χ1n) is 8.26. The number of nitro groups is 2. The van der Waals surface area contributed by atoms with Gasteiger partial charge in [-0.2, -0.15) is 0 Å². The molecule has 0 radical (unpaired) electrons. The van der Waals surface area contributed by atoms with Crippen LogP contribution in [0.2, 0.25) is 0 Å². The van der Waals surface area contributed by atoms with Crippen LogP contribution in [-0.4, -0.2) is 32.4 Å². The van der Waals surface area contributed by atoms with Gasteiger partial charge in [-0.25, -0.2) is 0 Å². The monoisotopic (exact) mass is 415 g/mol. The number of imide groups is 1. The van der Waals surface area contributed by atoms with Gasteiger partial charge in [-0.3, -0.25) is 34.7 Å². The van der Waals surface area contributed by atoms with E-state index in [1.165, 1.54) is 12.1 Å². The largest absolute Gasteiger partial charge is 0.450 e. The Kier molecular flexibility index (Phi) is 5.59. The fraction of sp³-hybridized carbons (Fsp3) is 0.111. The van der Waals surface area contributed by atoms with Gasteiger partial charge in [0.25, 0.3) is 16.8 Å². The number of hydrogen-bond acceptors (Lipinski definition) is 8. The highest BCUT2D eigenvalue weighted by Crippen LogP contribution is 2.35. The molecule has 11 heteroatoms. The van der Waals surface area contributed by atoms with Crippen LogP contribution in [-0.2, 0) is 4.79 Å². The first-order chi connectivity index (χ1) is 13.8. The van der Waals surface area contributed by atoms with Crippen molar-refractivity contribution in [3.8, 4) is 11.5 Å². The number of hydrogen-bond donors (Lipinski definition) is 0. The molecule has 0 atom stereocenters. The van der Waals surface area contributed by atoms with Crippen molar-refractivity contribution < 1.29 is 24.2 Å². The maximum atomic E-state index is 12.1. The standard InChI is InChI=1S/C18H13N3O7S/c1-2-19-17(22)16(29-18(19)23)9-11-3-6-13(7-4-11)28-15-8-5-12(20(24)25)10-14(15)21(26)27/h3-10H,2H2,1H3/b16-9+. The summed E-state index contributed by atoms with van der Waals surface area (Å²) >= 11 is 0.854. The number of carbonyl (C=O) groups excluding carboxylic acids is 2. The summed E-state index contributed by atoms with van der Waals surface area (Å²) in [5.74, 6) is -0.234. The third-order valence-electron chi connectivity index (χ3n) is 3.95.